The maximum absolute atomic E-state index is 12.8. The second kappa shape index (κ2) is 9.26. The molecule has 0 aromatic heterocycles. The van der Waals surface area contributed by atoms with E-state index in [2.05, 4.69) is 5.32 Å². The van der Waals surface area contributed by atoms with Gasteiger partial charge in [0.25, 0.3) is 5.91 Å². The third-order valence-corrected chi connectivity index (χ3v) is 5.04. The fourth-order valence-corrected chi connectivity index (χ4v) is 3.49. The van der Waals surface area contributed by atoms with Crippen molar-refractivity contribution in [1.82, 2.24) is 10.2 Å². The smallest absolute Gasteiger partial charge is 0.259 e. The van der Waals surface area contributed by atoms with E-state index in [-0.39, 0.29) is 17.9 Å². The molecule has 2 aromatic rings. The average Bonchev–Trinajstić information content (AvgIpc) is 2.74. The van der Waals surface area contributed by atoms with E-state index in [0.717, 1.165) is 18.4 Å². The van der Waals surface area contributed by atoms with Crippen LogP contribution in [0.5, 0.6) is 11.5 Å². The first kappa shape index (κ1) is 19.7. The molecular weight excluding hydrogens is 356 g/mol. The number of piperidine rings is 1. The van der Waals surface area contributed by atoms with Crippen molar-refractivity contribution in [3.05, 3.63) is 59.7 Å². The molecule has 0 saturated carbocycles. The lowest BCUT2D eigenvalue weighted by molar-refractivity contribution is -0.131. The van der Waals surface area contributed by atoms with Gasteiger partial charge in [0.1, 0.15) is 17.1 Å². The van der Waals surface area contributed by atoms with E-state index in [1.54, 1.807) is 18.2 Å². The molecular formula is C22H26N2O4. The van der Waals surface area contributed by atoms with Crippen LogP contribution >= 0.6 is 0 Å². The summed E-state index contributed by atoms with van der Waals surface area (Å²) in [6.45, 7) is 1.28. The minimum Gasteiger partial charge on any atom is -0.496 e. The molecule has 0 aliphatic carbocycles. The second-order valence-electron chi connectivity index (χ2n) is 6.83. The number of methoxy groups -OCH3 is 2. The molecule has 2 aromatic carbocycles. The predicted octanol–water partition coefficient (Wildman–Crippen LogP) is 2.67. The molecule has 0 unspecified atom stereocenters. The first-order valence-electron chi connectivity index (χ1n) is 9.46. The molecule has 0 atom stereocenters. The van der Waals surface area contributed by atoms with Crippen LogP contribution in [0, 0.1) is 0 Å². The summed E-state index contributed by atoms with van der Waals surface area (Å²) in [5.41, 5.74) is 1.42. The minimum atomic E-state index is -0.219. The molecule has 1 heterocycles. The summed E-state index contributed by atoms with van der Waals surface area (Å²) in [5, 5.41) is 3.06. The Balaban J connectivity index is 1.56. The van der Waals surface area contributed by atoms with Crippen LogP contribution in [0.1, 0.15) is 28.8 Å². The normalized spacial score (nSPS) is 14.4. The van der Waals surface area contributed by atoms with E-state index < -0.39 is 0 Å². The van der Waals surface area contributed by atoms with E-state index >= 15 is 0 Å². The zero-order valence-corrected chi connectivity index (χ0v) is 16.3. The van der Waals surface area contributed by atoms with E-state index in [4.69, 9.17) is 9.47 Å². The SMILES string of the molecule is COc1cccc(OC)c1C(=O)NC1CCN(C(=O)Cc2ccccc2)CC1. The van der Waals surface area contributed by atoms with E-state index in [1.165, 1.54) is 14.2 Å². The third-order valence-electron chi connectivity index (χ3n) is 5.04. The van der Waals surface area contributed by atoms with Gasteiger partial charge in [-0.2, -0.15) is 0 Å². The number of likely N-dealkylation sites (tertiary alicyclic amines) is 1. The molecule has 3 rings (SSSR count). The van der Waals surface area contributed by atoms with Crippen molar-refractivity contribution in [3.8, 4) is 11.5 Å². The number of nitrogens with one attached hydrogen (secondary N) is 1. The maximum atomic E-state index is 12.8. The van der Waals surface area contributed by atoms with E-state index in [1.807, 2.05) is 35.2 Å². The number of hydrogen-bond acceptors (Lipinski definition) is 4. The number of carbonyl (C=O) groups is 2. The topological polar surface area (TPSA) is 67.9 Å². The first-order chi connectivity index (χ1) is 13.6. The van der Waals surface area contributed by atoms with Gasteiger partial charge in [-0.25, -0.2) is 0 Å². The molecule has 148 valence electrons. The molecule has 1 aliphatic heterocycles. The Kier molecular flexibility index (Phi) is 6.53. The number of nitrogens with zero attached hydrogens (tertiary/aromatic N) is 1. The molecule has 0 spiro atoms. The number of carbonyl (C=O) groups excluding carboxylic acids is 2. The second-order valence-corrected chi connectivity index (χ2v) is 6.83. The molecule has 2 amide bonds. The highest BCUT2D eigenvalue weighted by atomic mass is 16.5. The highest BCUT2D eigenvalue weighted by Crippen LogP contribution is 2.28. The number of rotatable bonds is 6. The fraction of sp³-hybridized carbons (Fsp3) is 0.364. The van der Waals surface area contributed by atoms with Gasteiger partial charge in [0, 0.05) is 19.1 Å². The molecule has 1 fully saturated rings. The Bertz CT molecular complexity index is 792. The van der Waals surface area contributed by atoms with Crippen LogP contribution in [0.3, 0.4) is 0 Å². The van der Waals surface area contributed by atoms with Crippen LogP contribution < -0.4 is 14.8 Å². The van der Waals surface area contributed by atoms with Crippen molar-refractivity contribution in [2.45, 2.75) is 25.3 Å². The highest BCUT2D eigenvalue weighted by molar-refractivity contribution is 5.99. The van der Waals surface area contributed by atoms with Crippen LogP contribution in [0.25, 0.3) is 0 Å². The quantitative estimate of drug-likeness (QED) is 0.834. The standard InChI is InChI=1S/C22H26N2O4/c1-27-18-9-6-10-19(28-2)21(18)22(26)23-17-11-13-24(14-12-17)20(25)15-16-7-4-3-5-8-16/h3-10,17H,11-15H2,1-2H3,(H,23,26). The van der Waals surface area contributed by atoms with Gasteiger partial charge in [0.15, 0.2) is 0 Å². The first-order valence-corrected chi connectivity index (χ1v) is 9.46. The Morgan fingerprint density at radius 3 is 2.14 bits per heavy atom. The summed E-state index contributed by atoms with van der Waals surface area (Å²) in [7, 11) is 3.06. The van der Waals surface area contributed by atoms with Gasteiger partial charge in [-0.1, -0.05) is 36.4 Å². The van der Waals surface area contributed by atoms with Gasteiger partial charge in [0.2, 0.25) is 5.91 Å². The van der Waals surface area contributed by atoms with Gasteiger partial charge in [0.05, 0.1) is 20.6 Å². The number of hydrogen-bond donors (Lipinski definition) is 1. The van der Waals surface area contributed by atoms with Crippen LogP contribution in [-0.4, -0.2) is 50.1 Å². The van der Waals surface area contributed by atoms with Crippen LogP contribution in [0.15, 0.2) is 48.5 Å². The molecule has 0 radical (unpaired) electrons. The largest absolute Gasteiger partial charge is 0.496 e. The number of amides is 2. The molecule has 1 aliphatic rings. The van der Waals surface area contributed by atoms with Crippen LogP contribution in [0.2, 0.25) is 0 Å². The summed E-state index contributed by atoms with van der Waals surface area (Å²) in [6.07, 6.45) is 1.86. The van der Waals surface area contributed by atoms with Crippen molar-refractivity contribution in [2.24, 2.45) is 0 Å². The predicted molar refractivity (Wildman–Crippen MR) is 107 cm³/mol. The summed E-state index contributed by atoms with van der Waals surface area (Å²) >= 11 is 0. The van der Waals surface area contributed by atoms with Gasteiger partial charge in [-0.3, -0.25) is 9.59 Å². The van der Waals surface area contributed by atoms with Crippen molar-refractivity contribution >= 4 is 11.8 Å². The maximum Gasteiger partial charge on any atom is 0.259 e. The molecule has 1 N–H and O–H groups in total. The van der Waals surface area contributed by atoms with Crippen molar-refractivity contribution in [3.63, 3.8) is 0 Å². The Morgan fingerprint density at radius 2 is 1.57 bits per heavy atom. The molecule has 28 heavy (non-hydrogen) atoms. The van der Waals surface area contributed by atoms with Gasteiger partial charge in [-0.15, -0.1) is 0 Å². The van der Waals surface area contributed by atoms with E-state index in [0.29, 0.717) is 36.6 Å². The van der Waals surface area contributed by atoms with Gasteiger partial charge in [-0.05, 0) is 30.5 Å². The Labute approximate surface area is 165 Å². The van der Waals surface area contributed by atoms with Gasteiger partial charge >= 0.3 is 0 Å². The van der Waals surface area contributed by atoms with Crippen molar-refractivity contribution in [2.75, 3.05) is 27.3 Å². The molecule has 1 saturated heterocycles. The molecule has 6 heteroatoms. The minimum absolute atomic E-state index is 0.0166. The Morgan fingerprint density at radius 1 is 0.964 bits per heavy atom. The summed E-state index contributed by atoms with van der Waals surface area (Å²) < 4.78 is 10.6. The lowest BCUT2D eigenvalue weighted by Crippen LogP contribution is -2.47. The molecule has 0 bridgehead atoms. The van der Waals surface area contributed by atoms with Crippen LogP contribution in [0.4, 0.5) is 0 Å². The Hall–Kier alpha value is -3.02. The lowest BCUT2D eigenvalue weighted by Gasteiger charge is -2.32. The van der Waals surface area contributed by atoms with Gasteiger partial charge < -0.3 is 19.7 Å². The summed E-state index contributed by atoms with van der Waals surface area (Å²) in [5.74, 6) is 0.866. The summed E-state index contributed by atoms with van der Waals surface area (Å²) in [6, 6.07) is 15.0. The van der Waals surface area contributed by atoms with Crippen LogP contribution in [-0.2, 0) is 11.2 Å². The monoisotopic (exact) mass is 382 g/mol. The number of ether oxygens (including phenoxy) is 2. The molecule has 6 nitrogen and oxygen atoms in total. The van der Waals surface area contributed by atoms with Crippen molar-refractivity contribution < 1.29 is 19.1 Å². The average molecular weight is 382 g/mol. The zero-order chi connectivity index (χ0) is 19.9. The van der Waals surface area contributed by atoms with E-state index in [9.17, 15) is 9.59 Å². The van der Waals surface area contributed by atoms with Crippen molar-refractivity contribution in [1.29, 1.82) is 0 Å². The summed E-state index contributed by atoms with van der Waals surface area (Å²) in [4.78, 5) is 27.1. The highest BCUT2D eigenvalue weighted by Gasteiger charge is 2.26. The third kappa shape index (κ3) is 4.63. The number of benzene rings is 2. The zero-order valence-electron chi connectivity index (χ0n) is 16.3. The lowest BCUT2D eigenvalue weighted by atomic mass is 10.0. The fourth-order valence-electron chi connectivity index (χ4n) is 3.49.